The topological polar surface area (TPSA) is 107 Å². The summed E-state index contributed by atoms with van der Waals surface area (Å²) in [7, 11) is 0. The Morgan fingerprint density at radius 1 is 1.32 bits per heavy atom. The second-order valence-electron chi connectivity index (χ2n) is 8.70. The number of anilines is 2. The Morgan fingerprint density at radius 2 is 2.06 bits per heavy atom. The number of halogens is 3. The minimum atomic E-state index is -4.52. The summed E-state index contributed by atoms with van der Waals surface area (Å²) in [6, 6.07) is 3.14. The minimum Gasteiger partial charge on any atom is -0.369 e. The van der Waals surface area contributed by atoms with Crippen LogP contribution >= 0.6 is 0 Å². The molecule has 0 saturated carbocycles. The number of fused-ring (bicyclic) bond motifs is 1. The van der Waals surface area contributed by atoms with Crippen molar-refractivity contribution in [2.24, 2.45) is 5.92 Å². The summed E-state index contributed by atoms with van der Waals surface area (Å²) in [4.78, 5) is 26.5. The van der Waals surface area contributed by atoms with Crippen molar-refractivity contribution in [3.8, 4) is 6.07 Å². The van der Waals surface area contributed by atoms with Gasteiger partial charge in [-0.2, -0.15) is 18.4 Å². The molecule has 4 heterocycles. The summed E-state index contributed by atoms with van der Waals surface area (Å²) in [6.45, 7) is 5.59. The first-order chi connectivity index (χ1) is 16.2. The zero-order chi connectivity index (χ0) is 24.5. The van der Waals surface area contributed by atoms with Crippen molar-refractivity contribution in [3.63, 3.8) is 0 Å². The van der Waals surface area contributed by atoms with Crippen molar-refractivity contribution in [1.82, 2.24) is 19.9 Å². The van der Waals surface area contributed by atoms with Crippen molar-refractivity contribution >= 4 is 17.7 Å². The van der Waals surface area contributed by atoms with Gasteiger partial charge in [0.05, 0.1) is 23.0 Å². The van der Waals surface area contributed by atoms with Gasteiger partial charge in [-0.1, -0.05) is 6.92 Å². The zero-order valence-corrected chi connectivity index (χ0v) is 19.0. The Hall–Kier alpha value is -3.42. The highest BCUT2D eigenvalue weighted by Gasteiger charge is 2.36. The van der Waals surface area contributed by atoms with Gasteiger partial charge in [-0.05, 0) is 31.7 Å². The fourth-order valence-electron chi connectivity index (χ4n) is 4.61. The lowest BCUT2D eigenvalue weighted by molar-refractivity contribution is -0.138. The van der Waals surface area contributed by atoms with E-state index in [0.717, 1.165) is 25.1 Å². The molecule has 0 aromatic carbocycles. The van der Waals surface area contributed by atoms with Crippen molar-refractivity contribution in [2.45, 2.75) is 51.2 Å². The molecule has 1 fully saturated rings. The molecule has 0 radical (unpaired) electrons. The first kappa shape index (κ1) is 23.7. The number of nitrogens with zero attached hydrogens (tertiary/aromatic N) is 5. The summed E-state index contributed by atoms with van der Waals surface area (Å²) < 4.78 is 39.7. The molecule has 0 spiro atoms. The van der Waals surface area contributed by atoms with Crippen molar-refractivity contribution < 1.29 is 18.0 Å². The number of nitrogens with one attached hydrogen (secondary N) is 2. The Labute approximate surface area is 195 Å². The van der Waals surface area contributed by atoms with Crippen LogP contribution in [-0.2, 0) is 11.0 Å². The van der Waals surface area contributed by atoms with Crippen LogP contribution in [-0.4, -0.2) is 51.4 Å². The van der Waals surface area contributed by atoms with Crippen molar-refractivity contribution in [3.05, 3.63) is 40.8 Å². The van der Waals surface area contributed by atoms with Gasteiger partial charge in [0, 0.05) is 49.8 Å². The molecular weight excluding hydrogens is 447 g/mol. The highest BCUT2D eigenvalue weighted by molar-refractivity contribution is 5.75. The van der Waals surface area contributed by atoms with Crippen LogP contribution in [0.2, 0.25) is 0 Å². The van der Waals surface area contributed by atoms with Gasteiger partial charge in [-0.25, -0.2) is 15.0 Å². The predicted octanol–water partition coefficient (Wildman–Crippen LogP) is 3.77. The third-order valence-corrected chi connectivity index (χ3v) is 6.62. The van der Waals surface area contributed by atoms with E-state index in [0.29, 0.717) is 48.5 Å². The Bertz CT molecular complexity index is 1110. The van der Waals surface area contributed by atoms with Crippen LogP contribution in [0.3, 0.4) is 0 Å². The van der Waals surface area contributed by atoms with Gasteiger partial charge in [0.25, 0.3) is 0 Å². The van der Waals surface area contributed by atoms with E-state index in [4.69, 9.17) is 0 Å². The highest BCUT2D eigenvalue weighted by atomic mass is 19.4. The molecule has 0 bridgehead atoms. The van der Waals surface area contributed by atoms with Crippen LogP contribution in [0.25, 0.3) is 0 Å². The molecule has 8 nitrogen and oxygen atoms in total. The third kappa shape index (κ3) is 4.76. The molecule has 180 valence electrons. The molecule has 4 rings (SSSR count). The predicted molar refractivity (Wildman–Crippen MR) is 119 cm³/mol. The number of hydrogen-bond acceptors (Lipinski definition) is 7. The van der Waals surface area contributed by atoms with Gasteiger partial charge in [0.1, 0.15) is 11.9 Å². The molecule has 1 saturated heterocycles. The number of pyridine rings is 1. The quantitative estimate of drug-likeness (QED) is 0.681. The molecule has 2 N–H and O–H groups in total. The SMILES string of the molecule is CCC(=O)N1CCC(C(C)Nc2ncc(C#N)c(C3CNc4ncc(C(F)(F)F)cc43)n2)CC1. The number of carbonyl (C=O) groups excluding carboxylic acids is 1. The first-order valence-corrected chi connectivity index (χ1v) is 11.3. The summed E-state index contributed by atoms with van der Waals surface area (Å²) in [5, 5.41) is 15.9. The number of amides is 1. The second kappa shape index (κ2) is 9.44. The Balaban J connectivity index is 1.53. The third-order valence-electron chi connectivity index (χ3n) is 6.62. The average Bonchev–Trinajstić information content (AvgIpc) is 3.26. The normalized spacial score (nSPS) is 19.2. The number of rotatable bonds is 5. The number of nitriles is 1. The first-order valence-electron chi connectivity index (χ1n) is 11.3. The van der Waals surface area contributed by atoms with E-state index in [-0.39, 0.29) is 24.1 Å². The Kier molecular flexibility index (Phi) is 6.59. The summed E-state index contributed by atoms with van der Waals surface area (Å²) >= 11 is 0. The van der Waals surface area contributed by atoms with Crippen LogP contribution in [0.5, 0.6) is 0 Å². The van der Waals surface area contributed by atoms with E-state index in [1.807, 2.05) is 18.7 Å². The number of likely N-dealkylation sites (tertiary alicyclic amines) is 1. The molecule has 2 aromatic heterocycles. The lowest BCUT2D eigenvalue weighted by Crippen LogP contribution is -2.42. The number of alkyl halides is 3. The molecule has 11 heteroatoms. The van der Waals surface area contributed by atoms with E-state index in [9.17, 15) is 23.2 Å². The van der Waals surface area contributed by atoms with E-state index in [1.165, 1.54) is 6.20 Å². The molecule has 2 aliphatic heterocycles. The molecular formula is C23H26F3N7O. The van der Waals surface area contributed by atoms with E-state index in [1.54, 1.807) is 0 Å². The molecule has 34 heavy (non-hydrogen) atoms. The standard InChI is InChI=1S/C23H26F3N7O/c1-3-19(34)33-6-4-14(5-7-33)13(2)31-22-30-10-15(9-27)20(32-22)18-12-29-21-17(18)8-16(11-28-21)23(24,25)26/h8,10-11,13-14,18H,3-7,12H2,1-2H3,(H,28,29)(H,30,31,32). The highest BCUT2D eigenvalue weighted by Crippen LogP contribution is 2.39. The summed E-state index contributed by atoms with van der Waals surface area (Å²) in [6.07, 6.45) is -0.103. The second-order valence-corrected chi connectivity index (χ2v) is 8.70. The largest absolute Gasteiger partial charge is 0.417 e. The minimum absolute atomic E-state index is 0.0205. The van der Waals surface area contributed by atoms with Crippen LogP contribution in [0.1, 0.15) is 61.4 Å². The van der Waals surface area contributed by atoms with Gasteiger partial charge >= 0.3 is 6.18 Å². The number of aromatic nitrogens is 3. The lowest BCUT2D eigenvalue weighted by atomic mass is 9.90. The Morgan fingerprint density at radius 3 is 2.71 bits per heavy atom. The van der Waals surface area contributed by atoms with Gasteiger partial charge < -0.3 is 15.5 Å². The van der Waals surface area contributed by atoms with Gasteiger partial charge in [0.2, 0.25) is 11.9 Å². The molecule has 2 atom stereocenters. The lowest BCUT2D eigenvalue weighted by Gasteiger charge is -2.35. The van der Waals surface area contributed by atoms with Crippen molar-refractivity contribution in [2.75, 3.05) is 30.3 Å². The van der Waals surface area contributed by atoms with Crippen molar-refractivity contribution in [1.29, 1.82) is 5.26 Å². The maximum Gasteiger partial charge on any atom is 0.417 e. The summed E-state index contributed by atoms with van der Waals surface area (Å²) in [5.74, 6) is 0.601. The molecule has 0 aliphatic carbocycles. The fourth-order valence-corrected chi connectivity index (χ4v) is 4.61. The summed E-state index contributed by atoms with van der Waals surface area (Å²) in [5.41, 5.74) is 0.0916. The van der Waals surface area contributed by atoms with Crippen LogP contribution < -0.4 is 10.6 Å². The molecule has 2 unspecified atom stereocenters. The zero-order valence-electron chi connectivity index (χ0n) is 19.0. The van der Waals surface area contributed by atoms with Crippen LogP contribution in [0, 0.1) is 17.2 Å². The molecule has 2 aromatic rings. The average molecular weight is 474 g/mol. The fraction of sp³-hybridized carbons (Fsp3) is 0.522. The van der Waals surface area contributed by atoms with Crippen LogP contribution in [0.15, 0.2) is 18.5 Å². The van der Waals surface area contributed by atoms with Crippen LogP contribution in [0.4, 0.5) is 24.9 Å². The van der Waals surface area contributed by atoms with Gasteiger partial charge in [-0.3, -0.25) is 4.79 Å². The maximum absolute atomic E-state index is 13.2. The smallest absolute Gasteiger partial charge is 0.369 e. The molecule has 1 amide bonds. The number of piperidine rings is 1. The number of carbonyl (C=O) groups is 1. The van der Waals surface area contributed by atoms with E-state index in [2.05, 4.69) is 31.7 Å². The maximum atomic E-state index is 13.2. The number of hydrogen-bond donors (Lipinski definition) is 2. The van der Waals surface area contributed by atoms with E-state index >= 15 is 0 Å². The monoisotopic (exact) mass is 473 g/mol. The van der Waals surface area contributed by atoms with Gasteiger partial charge in [0.15, 0.2) is 0 Å². The molecule has 2 aliphatic rings. The van der Waals surface area contributed by atoms with E-state index < -0.39 is 17.7 Å². The van der Waals surface area contributed by atoms with Gasteiger partial charge in [-0.15, -0.1) is 0 Å².